The van der Waals surface area contributed by atoms with Crippen LogP contribution in [0.5, 0.6) is 0 Å². The summed E-state index contributed by atoms with van der Waals surface area (Å²) >= 11 is 1.02. The van der Waals surface area contributed by atoms with Crippen molar-refractivity contribution in [2.24, 2.45) is 0 Å². The van der Waals surface area contributed by atoms with Crippen molar-refractivity contribution in [2.45, 2.75) is 11.0 Å². The first kappa shape index (κ1) is 12.5. The lowest BCUT2D eigenvalue weighted by molar-refractivity contribution is 0.0544. The molecular weight excluding hydrogens is 266 g/mol. The van der Waals surface area contributed by atoms with Gasteiger partial charge in [-0.25, -0.2) is 13.2 Å². The molecule has 6 nitrogen and oxygen atoms in total. The van der Waals surface area contributed by atoms with E-state index >= 15 is 0 Å². The van der Waals surface area contributed by atoms with Crippen LogP contribution in [-0.4, -0.2) is 50.1 Å². The number of aliphatic hydroxyl groups excluding tert-OH is 1. The number of aliphatic hydroxyl groups is 1. The van der Waals surface area contributed by atoms with Crippen LogP contribution in [-0.2, 0) is 14.8 Å². The standard InChI is InChI=1S/C9H11NO5S2/c1-15-9(12)8-7(2-3-16-8)17(13,14)10-4-6(11)5-10/h2-3,6,11H,4-5H2,1H3. The molecule has 0 amide bonds. The Morgan fingerprint density at radius 3 is 2.76 bits per heavy atom. The Hall–Kier alpha value is -0.960. The summed E-state index contributed by atoms with van der Waals surface area (Å²) in [5.41, 5.74) is 0. The lowest BCUT2D eigenvalue weighted by atomic mass is 10.2. The molecule has 0 aliphatic carbocycles. The number of rotatable bonds is 3. The third-order valence-corrected chi connectivity index (χ3v) is 5.34. The predicted octanol–water partition coefficient (Wildman–Crippen LogP) is -0.100. The second-order valence-corrected chi connectivity index (χ2v) is 6.40. The van der Waals surface area contributed by atoms with Crippen LogP contribution in [0.25, 0.3) is 0 Å². The van der Waals surface area contributed by atoms with Crippen molar-refractivity contribution in [1.82, 2.24) is 4.31 Å². The number of carbonyl (C=O) groups excluding carboxylic acids is 1. The second-order valence-electron chi connectivity index (χ2n) is 3.58. The maximum Gasteiger partial charge on any atom is 0.349 e. The normalized spacial score (nSPS) is 17.8. The van der Waals surface area contributed by atoms with Gasteiger partial charge in [-0.05, 0) is 11.4 Å². The maximum atomic E-state index is 12.1. The minimum Gasteiger partial charge on any atom is -0.465 e. The van der Waals surface area contributed by atoms with Crippen LogP contribution in [0, 0.1) is 0 Å². The number of carbonyl (C=O) groups is 1. The number of thiophene rings is 1. The van der Waals surface area contributed by atoms with Gasteiger partial charge in [0.05, 0.1) is 13.2 Å². The van der Waals surface area contributed by atoms with E-state index in [0.29, 0.717) is 0 Å². The molecule has 8 heteroatoms. The molecule has 1 aliphatic rings. The molecule has 2 rings (SSSR count). The Labute approximate surface area is 102 Å². The Morgan fingerprint density at radius 2 is 2.24 bits per heavy atom. The van der Waals surface area contributed by atoms with E-state index < -0.39 is 22.1 Å². The van der Waals surface area contributed by atoms with Crippen LogP contribution >= 0.6 is 11.3 Å². The zero-order valence-electron chi connectivity index (χ0n) is 8.99. The van der Waals surface area contributed by atoms with Crippen molar-refractivity contribution >= 4 is 27.3 Å². The van der Waals surface area contributed by atoms with Gasteiger partial charge in [0.2, 0.25) is 10.0 Å². The second kappa shape index (κ2) is 4.37. The summed E-state index contributed by atoms with van der Waals surface area (Å²) in [6, 6.07) is 1.37. The number of hydrogen-bond donors (Lipinski definition) is 1. The highest BCUT2D eigenvalue weighted by Gasteiger charge is 2.38. The van der Waals surface area contributed by atoms with Crippen molar-refractivity contribution in [2.75, 3.05) is 20.2 Å². The van der Waals surface area contributed by atoms with E-state index in [-0.39, 0.29) is 22.9 Å². The highest BCUT2D eigenvalue weighted by atomic mass is 32.2. The predicted molar refractivity (Wildman–Crippen MR) is 60.4 cm³/mol. The molecule has 17 heavy (non-hydrogen) atoms. The molecule has 0 aromatic carbocycles. The average molecular weight is 277 g/mol. The van der Waals surface area contributed by atoms with E-state index in [1.165, 1.54) is 18.6 Å². The number of esters is 1. The molecule has 1 aliphatic heterocycles. The SMILES string of the molecule is COC(=O)c1sccc1S(=O)(=O)N1CC(O)C1. The van der Waals surface area contributed by atoms with Crippen molar-refractivity contribution < 1.29 is 23.1 Å². The fourth-order valence-corrected chi connectivity index (χ4v) is 4.32. The van der Waals surface area contributed by atoms with Crippen LogP contribution in [0.3, 0.4) is 0 Å². The van der Waals surface area contributed by atoms with E-state index in [1.54, 1.807) is 0 Å². The molecule has 0 spiro atoms. The Morgan fingerprint density at radius 1 is 1.59 bits per heavy atom. The minimum atomic E-state index is -3.69. The Kier molecular flexibility index (Phi) is 3.21. The molecule has 2 heterocycles. The summed E-state index contributed by atoms with van der Waals surface area (Å²) in [5, 5.41) is 10.6. The lowest BCUT2D eigenvalue weighted by Gasteiger charge is -2.34. The molecule has 0 unspecified atom stereocenters. The molecule has 0 radical (unpaired) electrons. The van der Waals surface area contributed by atoms with E-state index in [4.69, 9.17) is 5.11 Å². The van der Waals surface area contributed by atoms with Gasteiger partial charge < -0.3 is 9.84 Å². The first-order chi connectivity index (χ1) is 7.96. The van der Waals surface area contributed by atoms with Gasteiger partial charge in [0.25, 0.3) is 0 Å². The smallest absolute Gasteiger partial charge is 0.349 e. The third-order valence-electron chi connectivity index (χ3n) is 2.45. The zero-order valence-corrected chi connectivity index (χ0v) is 10.6. The van der Waals surface area contributed by atoms with Crippen molar-refractivity contribution in [3.05, 3.63) is 16.3 Å². The van der Waals surface area contributed by atoms with E-state index in [2.05, 4.69) is 4.74 Å². The molecule has 1 aromatic heterocycles. The fraction of sp³-hybridized carbons (Fsp3) is 0.444. The van der Waals surface area contributed by atoms with Gasteiger partial charge in [-0.2, -0.15) is 4.31 Å². The summed E-state index contributed by atoms with van der Waals surface area (Å²) in [6.45, 7) is 0.136. The third kappa shape index (κ3) is 2.08. The van der Waals surface area contributed by atoms with Gasteiger partial charge in [0.1, 0.15) is 9.77 Å². The zero-order chi connectivity index (χ0) is 12.6. The van der Waals surface area contributed by atoms with Crippen molar-refractivity contribution in [3.63, 3.8) is 0 Å². The van der Waals surface area contributed by atoms with Gasteiger partial charge in [0.15, 0.2) is 0 Å². The molecular formula is C9H11NO5S2. The summed E-state index contributed by atoms with van der Waals surface area (Å²) in [7, 11) is -2.49. The maximum absolute atomic E-state index is 12.1. The van der Waals surface area contributed by atoms with Crippen LogP contribution < -0.4 is 0 Å². The highest BCUT2D eigenvalue weighted by Crippen LogP contribution is 2.28. The van der Waals surface area contributed by atoms with Crippen LogP contribution in [0.2, 0.25) is 0 Å². The highest BCUT2D eigenvalue weighted by molar-refractivity contribution is 7.89. The van der Waals surface area contributed by atoms with Gasteiger partial charge in [-0.3, -0.25) is 0 Å². The first-order valence-electron chi connectivity index (χ1n) is 4.81. The van der Waals surface area contributed by atoms with Crippen LogP contribution in [0.1, 0.15) is 9.67 Å². The van der Waals surface area contributed by atoms with Crippen molar-refractivity contribution in [1.29, 1.82) is 0 Å². The molecule has 0 bridgehead atoms. The number of β-amino-alcohol motifs (C(OH)–C–C–N with tert-alkyl or cyclic N) is 1. The van der Waals surface area contributed by atoms with Crippen molar-refractivity contribution in [3.8, 4) is 0 Å². The summed E-state index contributed by atoms with van der Waals surface area (Å²) in [5.74, 6) is -0.667. The molecule has 1 saturated heterocycles. The van der Waals surface area contributed by atoms with Crippen LogP contribution in [0.15, 0.2) is 16.3 Å². The number of hydrogen-bond acceptors (Lipinski definition) is 6. The van der Waals surface area contributed by atoms with E-state index in [0.717, 1.165) is 15.6 Å². The first-order valence-corrected chi connectivity index (χ1v) is 7.13. The van der Waals surface area contributed by atoms with E-state index in [9.17, 15) is 13.2 Å². The topological polar surface area (TPSA) is 83.9 Å². The van der Waals surface area contributed by atoms with Gasteiger partial charge in [-0.1, -0.05) is 0 Å². The number of methoxy groups -OCH3 is 1. The van der Waals surface area contributed by atoms with E-state index in [1.807, 2.05) is 0 Å². The minimum absolute atomic E-state index is 0.0544. The fourth-order valence-electron chi connectivity index (χ4n) is 1.49. The largest absolute Gasteiger partial charge is 0.465 e. The number of sulfonamides is 1. The molecule has 0 saturated carbocycles. The Bertz CT molecular complexity index is 529. The molecule has 1 fully saturated rings. The molecule has 1 aromatic rings. The Balaban J connectivity index is 2.34. The van der Waals surface area contributed by atoms with Crippen LogP contribution in [0.4, 0.5) is 0 Å². The quantitative estimate of drug-likeness (QED) is 0.780. The van der Waals surface area contributed by atoms with Gasteiger partial charge in [-0.15, -0.1) is 11.3 Å². The summed E-state index contributed by atoms with van der Waals surface area (Å²) in [4.78, 5) is 11.4. The number of nitrogens with zero attached hydrogens (tertiary/aromatic N) is 1. The molecule has 0 atom stereocenters. The average Bonchev–Trinajstić information content (AvgIpc) is 2.73. The molecule has 1 N–H and O–H groups in total. The van der Waals surface area contributed by atoms with Gasteiger partial charge in [0, 0.05) is 13.1 Å². The lowest BCUT2D eigenvalue weighted by Crippen LogP contribution is -2.53. The van der Waals surface area contributed by atoms with Gasteiger partial charge >= 0.3 is 5.97 Å². The molecule has 94 valence electrons. The monoisotopic (exact) mass is 277 g/mol. The summed E-state index contributed by atoms with van der Waals surface area (Å²) < 4.78 is 29.8. The number of ether oxygens (including phenoxy) is 1. The summed E-state index contributed by atoms with van der Waals surface area (Å²) in [6.07, 6.45) is -0.620.